The number of carbonyl (C=O) groups is 3. The Hall–Kier alpha value is -3.95. The zero-order valence-corrected chi connectivity index (χ0v) is 17.2. The van der Waals surface area contributed by atoms with Gasteiger partial charge in [0.1, 0.15) is 17.6 Å². The summed E-state index contributed by atoms with van der Waals surface area (Å²) < 4.78 is 15.0. The normalized spacial score (nSPS) is 11.2. The quantitative estimate of drug-likeness (QED) is 0.354. The van der Waals surface area contributed by atoms with Crippen LogP contribution in [0.5, 0.6) is 0 Å². The summed E-state index contributed by atoms with van der Waals surface area (Å²) in [6, 6.07) is 4.45. The number of nitrogens with one attached hydrogen (secondary N) is 2. The number of Topliss-reactive ketones (excluding diaryl/α,β-unsaturated/α-hetero) is 1. The summed E-state index contributed by atoms with van der Waals surface area (Å²) in [5, 5.41) is 22.9. The Labute approximate surface area is 178 Å². The molecule has 9 heteroatoms. The fourth-order valence-corrected chi connectivity index (χ4v) is 3.18. The number of anilines is 1. The molecule has 0 aliphatic carbocycles. The van der Waals surface area contributed by atoms with Gasteiger partial charge in [-0.3, -0.25) is 14.4 Å². The van der Waals surface area contributed by atoms with Gasteiger partial charge in [0.05, 0.1) is 17.2 Å². The van der Waals surface area contributed by atoms with E-state index >= 15 is 0 Å². The number of hydrogen-bond donors (Lipinski definition) is 3. The maximum Gasteiger partial charge on any atom is 0.293 e. The highest BCUT2D eigenvalue weighted by molar-refractivity contribution is 6.43. The van der Waals surface area contributed by atoms with Crippen molar-refractivity contribution in [2.45, 2.75) is 26.3 Å². The van der Waals surface area contributed by atoms with E-state index < -0.39 is 29.5 Å². The van der Waals surface area contributed by atoms with Gasteiger partial charge in [-0.25, -0.2) is 4.39 Å². The van der Waals surface area contributed by atoms with Gasteiger partial charge in [-0.2, -0.15) is 5.26 Å². The molecule has 0 fully saturated rings. The second-order valence-electron chi connectivity index (χ2n) is 6.79. The van der Waals surface area contributed by atoms with Crippen LogP contribution in [0.2, 0.25) is 0 Å². The lowest BCUT2D eigenvalue weighted by Crippen LogP contribution is -2.39. The van der Waals surface area contributed by atoms with Crippen LogP contribution in [0.25, 0.3) is 0 Å². The number of ketones is 1. The third-order valence-electron chi connectivity index (χ3n) is 4.85. The highest BCUT2D eigenvalue weighted by Crippen LogP contribution is 2.23. The lowest BCUT2D eigenvalue weighted by molar-refractivity contribution is -0.117. The van der Waals surface area contributed by atoms with Gasteiger partial charge in [0, 0.05) is 31.5 Å². The first-order valence-corrected chi connectivity index (χ1v) is 9.25. The van der Waals surface area contributed by atoms with Crippen molar-refractivity contribution in [1.82, 2.24) is 9.88 Å². The number of nitriles is 1. The Morgan fingerprint density at radius 3 is 2.58 bits per heavy atom. The summed E-state index contributed by atoms with van der Waals surface area (Å²) in [5.74, 6) is -0.838. The average molecular weight is 424 g/mol. The summed E-state index contributed by atoms with van der Waals surface area (Å²) >= 11 is 0. The predicted octanol–water partition coefficient (Wildman–Crippen LogP) is 1.59. The average Bonchev–Trinajstić information content (AvgIpc) is 2.96. The van der Waals surface area contributed by atoms with Gasteiger partial charge in [0.2, 0.25) is 0 Å². The summed E-state index contributed by atoms with van der Waals surface area (Å²) in [4.78, 5) is 37.9. The Morgan fingerprint density at radius 1 is 1.32 bits per heavy atom. The number of benzene rings is 1. The third-order valence-corrected chi connectivity index (χ3v) is 4.85. The van der Waals surface area contributed by atoms with Crippen LogP contribution >= 0.6 is 0 Å². The van der Waals surface area contributed by atoms with Crippen molar-refractivity contribution >= 4 is 23.3 Å². The molecular formula is C22H21FN4O4. The second kappa shape index (κ2) is 9.70. The van der Waals surface area contributed by atoms with E-state index in [4.69, 9.17) is 16.8 Å². The zero-order chi connectivity index (χ0) is 23.3. The molecule has 3 N–H and O–H groups in total. The molecule has 8 nitrogen and oxygen atoms in total. The number of rotatable bonds is 7. The van der Waals surface area contributed by atoms with E-state index in [1.807, 2.05) is 0 Å². The van der Waals surface area contributed by atoms with E-state index in [-0.39, 0.29) is 41.1 Å². The second-order valence-corrected chi connectivity index (χ2v) is 6.79. The molecule has 0 aliphatic heterocycles. The number of amides is 2. The van der Waals surface area contributed by atoms with Crippen LogP contribution in [-0.4, -0.2) is 39.9 Å². The van der Waals surface area contributed by atoms with Crippen molar-refractivity contribution in [3.8, 4) is 18.4 Å². The zero-order valence-electron chi connectivity index (χ0n) is 17.2. The number of terminal acetylenes is 1. The lowest BCUT2D eigenvalue weighted by Gasteiger charge is -2.11. The molecule has 31 heavy (non-hydrogen) atoms. The van der Waals surface area contributed by atoms with Crippen LogP contribution in [-0.2, 0) is 11.8 Å². The van der Waals surface area contributed by atoms with Crippen molar-refractivity contribution in [3.05, 3.63) is 52.1 Å². The van der Waals surface area contributed by atoms with Crippen LogP contribution in [0.4, 0.5) is 10.1 Å². The first-order chi connectivity index (χ1) is 14.7. The molecule has 2 rings (SSSR count). The molecule has 0 spiro atoms. The summed E-state index contributed by atoms with van der Waals surface area (Å²) in [5.41, 5.74) is 0.824. The highest BCUT2D eigenvalue weighted by Gasteiger charge is 2.29. The minimum absolute atomic E-state index is 0.0572. The molecule has 2 amide bonds. The molecule has 0 bridgehead atoms. The van der Waals surface area contributed by atoms with Crippen molar-refractivity contribution < 1.29 is 23.9 Å². The van der Waals surface area contributed by atoms with Crippen molar-refractivity contribution in [1.29, 1.82) is 5.26 Å². The summed E-state index contributed by atoms with van der Waals surface area (Å²) in [6.07, 6.45) is 5.38. The van der Waals surface area contributed by atoms with Gasteiger partial charge >= 0.3 is 0 Å². The van der Waals surface area contributed by atoms with Gasteiger partial charge < -0.3 is 20.3 Å². The third kappa shape index (κ3) is 4.80. The van der Waals surface area contributed by atoms with Crippen LogP contribution < -0.4 is 10.6 Å². The van der Waals surface area contributed by atoms with Gasteiger partial charge in [0.15, 0.2) is 0 Å². The number of carbonyl (C=O) groups excluding carboxylic acids is 3. The van der Waals surface area contributed by atoms with Crippen LogP contribution in [0.1, 0.15) is 44.1 Å². The molecule has 0 saturated heterocycles. The maximum absolute atomic E-state index is 13.5. The SMILES string of the molecule is C#CC(CCO)NC(=O)C(=O)c1c(C)c(C(=O)Nc2ccc(F)c(C#N)c2)n(C)c1C. The molecule has 160 valence electrons. The molecule has 1 atom stereocenters. The summed E-state index contributed by atoms with van der Waals surface area (Å²) in [6.45, 7) is 2.86. The number of aromatic nitrogens is 1. The van der Waals surface area contributed by atoms with Crippen LogP contribution in [0.3, 0.4) is 0 Å². The van der Waals surface area contributed by atoms with E-state index in [9.17, 15) is 18.8 Å². The minimum Gasteiger partial charge on any atom is -0.396 e. The predicted molar refractivity (Wildman–Crippen MR) is 111 cm³/mol. The van der Waals surface area contributed by atoms with Crippen molar-refractivity contribution in [2.75, 3.05) is 11.9 Å². The van der Waals surface area contributed by atoms with Crippen LogP contribution in [0.15, 0.2) is 18.2 Å². The van der Waals surface area contributed by atoms with Gasteiger partial charge in [-0.15, -0.1) is 6.42 Å². The molecule has 1 heterocycles. The molecule has 2 aromatic rings. The number of aliphatic hydroxyl groups excluding tert-OH is 1. The molecule has 1 aromatic carbocycles. The minimum atomic E-state index is -0.947. The van der Waals surface area contributed by atoms with Crippen molar-refractivity contribution in [2.24, 2.45) is 7.05 Å². The first-order valence-electron chi connectivity index (χ1n) is 9.25. The number of nitrogens with zero attached hydrogens (tertiary/aromatic N) is 2. The summed E-state index contributed by atoms with van der Waals surface area (Å²) in [7, 11) is 1.56. The fourth-order valence-electron chi connectivity index (χ4n) is 3.18. The van der Waals surface area contributed by atoms with Gasteiger partial charge in [0.25, 0.3) is 17.6 Å². The molecule has 0 aliphatic rings. The standard InChI is InChI=1S/C22H21FN4O4/c1-5-15(8-9-28)25-22(31)20(29)18-12(2)19(27(4)13(18)3)21(30)26-16-6-7-17(23)14(10-16)11-24/h1,6-7,10,15,28H,8-9H2,2-4H3,(H,25,31)(H,26,30). The largest absolute Gasteiger partial charge is 0.396 e. The molecule has 1 unspecified atom stereocenters. The molecular weight excluding hydrogens is 403 g/mol. The van der Waals surface area contributed by atoms with E-state index in [1.165, 1.54) is 23.6 Å². The molecule has 1 aromatic heterocycles. The molecule has 0 radical (unpaired) electrons. The maximum atomic E-state index is 13.5. The monoisotopic (exact) mass is 424 g/mol. The highest BCUT2D eigenvalue weighted by atomic mass is 19.1. The van der Waals surface area contributed by atoms with E-state index in [2.05, 4.69) is 16.6 Å². The Morgan fingerprint density at radius 2 is 2.00 bits per heavy atom. The topological polar surface area (TPSA) is 124 Å². The van der Waals surface area contributed by atoms with E-state index in [0.717, 1.165) is 6.07 Å². The lowest BCUT2D eigenvalue weighted by atomic mass is 10.0. The van der Waals surface area contributed by atoms with Gasteiger partial charge in [-0.1, -0.05) is 5.92 Å². The Bertz CT molecular complexity index is 1140. The van der Waals surface area contributed by atoms with Gasteiger partial charge in [-0.05, 0) is 37.6 Å². The smallest absolute Gasteiger partial charge is 0.293 e. The number of halogens is 1. The number of hydrogen-bond acceptors (Lipinski definition) is 5. The van der Waals surface area contributed by atoms with E-state index in [0.29, 0.717) is 5.69 Å². The van der Waals surface area contributed by atoms with Crippen LogP contribution in [0, 0.1) is 43.3 Å². The first kappa shape index (κ1) is 23.3. The van der Waals surface area contributed by atoms with Crippen molar-refractivity contribution in [3.63, 3.8) is 0 Å². The fraction of sp³-hybridized carbons (Fsp3) is 0.273. The van der Waals surface area contributed by atoms with E-state index in [1.54, 1.807) is 20.0 Å². The molecule has 0 saturated carbocycles. The number of aliphatic hydroxyl groups is 1. The Kier molecular flexibility index (Phi) is 7.30. The Balaban J connectivity index is 2.34.